The molecule has 2 amide bonds. The van der Waals surface area contributed by atoms with Gasteiger partial charge in [0.25, 0.3) is 0 Å². The third-order valence-electron chi connectivity index (χ3n) is 4.28. The molecule has 2 rings (SSSR count). The summed E-state index contributed by atoms with van der Waals surface area (Å²) in [5.74, 6) is -0.0932. The van der Waals surface area contributed by atoms with Crippen LogP contribution in [-0.4, -0.2) is 43.7 Å². The fraction of sp³-hybridized carbons (Fsp3) is 0.588. The van der Waals surface area contributed by atoms with Crippen LogP contribution in [0.1, 0.15) is 38.7 Å². The standard InChI is InChI=1S/C17H26N2O3S/c1-13-7-9-16(10-8-13)23(21,22)12-14(2)18-17(20)19-11-5-4-6-15(19)3/h7-10,14-15H,4-6,11-12H2,1-3H3,(H,18,20). The van der Waals surface area contributed by atoms with Crippen molar-refractivity contribution in [1.29, 1.82) is 0 Å². The average Bonchev–Trinajstić information content (AvgIpc) is 2.47. The van der Waals surface area contributed by atoms with Crippen LogP contribution in [0.4, 0.5) is 4.79 Å². The van der Waals surface area contributed by atoms with Crippen LogP contribution in [0.15, 0.2) is 29.2 Å². The van der Waals surface area contributed by atoms with Crippen molar-refractivity contribution >= 4 is 15.9 Å². The zero-order valence-electron chi connectivity index (χ0n) is 14.1. The molecule has 1 N–H and O–H groups in total. The van der Waals surface area contributed by atoms with E-state index < -0.39 is 15.9 Å². The first-order chi connectivity index (χ1) is 10.8. The second-order valence-electron chi connectivity index (χ2n) is 6.48. The van der Waals surface area contributed by atoms with Gasteiger partial charge in [0.15, 0.2) is 9.84 Å². The van der Waals surface area contributed by atoms with Crippen molar-refractivity contribution in [3.8, 4) is 0 Å². The van der Waals surface area contributed by atoms with E-state index in [0.717, 1.165) is 31.4 Å². The van der Waals surface area contributed by atoms with E-state index in [-0.39, 0.29) is 17.8 Å². The minimum atomic E-state index is -3.40. The number of amides is 2. The molecule has 0 aliphatic carbocycles. The van der Waals surface area contributed by atoms with Crippen molar-refractivity contribution in [2.75, 3.05) is 12.3 Å². The van der Waals surface area contributed by atoms with Crippen LogP contribution in [0.5, 0.6) is 0 Å². The molecule has 2 unspecified atom stereocenters. The van der Waals surface area contributed by atoms with Gasteiger partial charge in [-0.2, -0.15) is 0 Å². The maximum absolute atomic E-state index is 12.4. The summed E-state index contributed by atoms with van der Waals surface area (Å²) in [6.07, 6.45) is 3.15. The fourth-order valence-corrected chi connectivity index (χ4v) is 4.39. The van der Waals surface area contributed by atoms with Gasteiger partial charge in [-0.25, -0.2) is 13.2 Å². The van der Waals surface area contributed by atoms with Gasteiger partial charge < -0.3 is 10.2 Å². The molecular formula is C17H26N2O3S. The Morgan fingerprint density at radius 2 is 1.96 bits per heavy atom. The number of carbonyl (C=O) groups is 1. The SMILES string of the molecule is Cc1ccc(S(=O)(=O)CC(C)NC(=O)N2CCCCC2C)cc1. The quantitative estimate of drug-likeness (QED) is 0.918. The Morgan fingerprint density at radius 3 is 2.57 bits per heavy atom. The summed E-state index contributed by atoms with van der Waals surface area (Å²) in [7, 11) is -3.40. The van der Waals surface area contributed by atoms with Crippen molar-refractivity contribution in [2.45, 2.75) is 57.0 Å². The van der Waals surface area contributed by atoms with Crippen LogP contribution >= 0.6 is 0 Å². The number of hydrogen-bond acceptors (Lipinski definition) is 3. The highest BCUT2D eigenvalue weighted by molar-refractivity contribution is 7.91. The molecule has 0 radical (unpaired) electrons. The number of benzene rings is 1. The smallest absolute Gasteiger partial charge is 0.317 e. The molecule has 1 aliphatic rings. The molecule has 1 heterocycles. The molecule has 6 heteroatoms. The van der Waals surface area contributed by atoms with Gasteiger partial charge in [0.1, 0.15) is 0 Å². The summed E-state index contributed by atoms with van der Waals surface area (Å²) in [5, 5.41) is 2.83. The zero-order chi connectivity index (χ0) is 17.0. The van der Waals surface area contributed by atoms with E-state index >= 15 is 0 Å². The van der Waals surface area contributed by atoms with E-state index in [1.807, 2.05) is 13.8 Å². The van der Waals surface area contributed by atoms with Gasteiger partial charge in [-0.15, -0.1) is 0 Å². The van der Waals surface area contributed by atoms with E-state index in [9.17, 15) is 13.2 Å². The molecule has 0 bridgehead atoms. The fourth-order valence-electron chi connectivity index (χ4n) is 2.91. The van der Waals surface area contributed by atoms with E-state index in [1.165, 1.54) is 0 Å². The second-order valence-corrected chi connectivity index (χ2v) is 8.52. The normalized spacial score (nSPS) is 20.1. The lowest BCUT2D eigenvalue weighted by atomic mass is 10.0. The topological polar surface area (TPSA) is 66.5 Å². The van der Waals surface area contributed by atoms with E-state index in [2.05, 4.69) is 5.32 Å². The maximum Gasteiger partial charge on any atom is 0.317 e. The molecule has 0 aromatic heterocycles. The summed E-state index contributed by atoms with van der Waals surface area (Å²) >= 11 is 0. The number of aryl methyl sites for hydroxylation is 1. The second kappa shape index (κ2) is 7.34. The van der Waals surface area contributed by atoms with Crippen LogP contribution in [0, 0.1) is 6.92 Å². The summed E-state index contributed by atoms with van der Waals surface area (Å²) in [5.41, 5.74) is 1.02. The molecule has 1 aromatic carbocycles. The molecule has 1 aromatic rings. The van der Waals surface area contributed by atoms with E-state index in [0.29, 0.717) is 4.90 Å². The van der Waals surface area contributed by atoms with Gasteiger partial charge in [-0.3, -0.25) is 0 Å². The van der Waals surface area contributed by atoms with Gasteiger partial charge in [-0.05, 0) is 52.2 Å². The Kier molecular flexibility index (Phi) is 5.68. The molecule has 23 heavy (non-hydrogen) atoms. The van der Waals surface area contributed by atoms with Crippen LogP contribution < -0.4 is 5.32 Å². The Labute approximate surface area is 139 Å². The van der Waals surface area contributed by atoms with Crippen molar-refractivity contribution in [3.05, 3.63) is 29.8 Å². The van der Waals surface area contributed by atoms with Gasteiger partial charge in [0, 0.05) is 18.6 Å². The summed E-state index contributed by atoms with van der Waals surface area (Å²) in [6.45, 7) is 6.42. The zero-order valence-corrected chi connectivity index (χ0v) is 14.9. The lowest BCUT2D eigenvalue weighted by Crippen LogP contribution is -2.50. The first-order valence-corrected chi connectivity index (χ1v) is 9.81. The highest BCUT2D eigenvalue weighted by Crippen LogP contribution is 2.17. The lowest BCUT2D eigenvalue weighted by Gasteiger charge is -2.34. The number of urea groups is 1. The third kappa shape index (κ3) is 4.70. The molecule has 0 saturated carbocycles. The van der Waals surface area contributed by atoms with Crippen molar-refractivity contribution < 1.29 is 13.2 Å². The number of piperidine rings is 1. The lowest BCUT2D eigenvalue weighted by molar-refractivity contribution is 0.156. The molecule has 128 valence electrons. The van der Waals surface area contributed by atoms with E-state index in [4.69, 9.17) is 0 Å². The summed E-state index contributed by atoms with van der Waals surface area (Å²) in [6, 6.07) is 6.42. The number of nitrogens with zero attached hydrogens (tertiary/aromatic N) is 1. The highest BCUT2D eigenvalue weighted by Gasteiger charge is 2.26. The predicted octanol–water partition coefficient (Wildman–Crippen LogP) is 2.74. The maximum atomic E-state index is 12.4. The summed E-state index contributed by atoms with van der Waals surface area (Å²) < 4.78 is 24.8. The predicted molar refractivity (Wildman–Crippen MR) is 91.2 cm³/mol. The Hall–Kier alpha value is -1.56. The molecule has 1 fully saturated rings. The molecule has 1 saturated heterocycles. The number of sulfone groups is 1. The van der Waals surface area contributed by atoms with Crippen LogP contribution in [0.2, 0.25) is 0 Å². The van der Waals surface area contributed by atoms with Gasteiger partial charge in [0.2, 0.25) is 0 Å². The van der Waals surface area contributed by atoms with Crippen LogP contribution in [-0.2, 0) is 9.84 Å². The molecular weight excluding hydrogens is 312 g/mol. The minimum absolute atomic E-state index is 0.0932. The number of rotatable bonds is 4. The monoisotopic (exact) mass is 338 g/mol. The first kappa shape index (κ1) is 17.8. The average molecular weight is 338 g/mol. The van der Waals surface area contributed by atoms with Gasteiger partial charge in [-0.1, -0.05) is 17.7 Å². The third-order valence-corrected chi connectivity index (χ3v) is 6.21. The Bertz CT molecular complexity index is 640. The largest absolute Gasteiger partial charge is 0.334 e. The van der Waals surface area contributed by atoms with Crippen LogP contribution in [0.3, 0.4) is 0 Å². The first-order valence-electron chi connectivity index (χ1n) is 8.16. The summed E-state index contributed by atoms with van der Waals surface area (Å²) in [4.78, 5) is 14.4. The van der Waals surface area contributed by atoms with Gasteiger partial charge >= 0.3 is 6.03 Å². The van der Waals surface area contributed by atoms with Crippen molar-refractivity contribution in [2.24, 2.45) is 0 Å². The van der Waals surface area contributed by atoms with E-state index in [1.54, 1.807) is 36.1 Å². The van der Waals surface area contributed by atoms with Crippen LogP contribution in [0.25, 0.3) is 0 Å². The highest BCUT2D eigenvalue weighted by atomic mass is 32.2. The van der Waals surface area contributed by atoms with Crippen molar-refractivity contribution in [3.63, 3.8) is 0 Å². The Balaban J connectivity index is 1.96. The van der Waals surface area contributed by atoms with Gasteiger partial charge in [0.05, 0.1) is 10.6 Å². The Morgan fingerprint density at radius 1 is 1.30 bits per heavy atom. The number of carbonyl (C=O) groups excluding carboxylic acids is 1. The number of hydrogen-bond donors (Lipinski definition) is 1. The molecule has 2 atom stereocenters. The molecule has 0 spiro atoms. The molecule has 1 aliphatic heterocycles. The number of likely N-dealkylation sites (tertiary alicyclic amines) is 1. The molecule has 5 nitrogen and oxygen atoms in total. The van der Waals surface area contributed by atoms with Crippen molar-refractivity contribution in [1.82, 2.24) is 10.2 Å². The minimum Gasteiger partial charge on any atom is -0.334 e. The number of nitrogens with one attached hydrogen (secondary N) is 1.